The molecule has 2 aromatic rings. The third kappa shape index (κ3) is 5.58. The molecule has 0 unspecified atom stereocenters. The predicted molar refractivity (Wildman–Crippen MR) is 111 cm³/mol. The number of nitro benzene ring substituents is 1. The smallest absolute Gasteiger partial charge is 0.364 e. The lowest BCUT2D eigenvalue weighted by molar-refractivity contribution is -0.387. The summed E-state index contributed by atoms with van der Waals surface area (Å²) in [5.74, 6) is -3.53. The zero-order valence-corrected chi connectivity index (χ0v) is 19.8. The predicted octanol–water partition coefficient (Wildman–Crippen LogP) is 6.90. The average molecular weight is 666 g/mol. The zero-order valence-electron chi connectivity index (χ0n) is 17.7. The fourth-order valence-corrected chi connectivity index (χ4v) is 4.02. The molecule has 0 aromatic heterocycles. The number of amides is 1. The Morgan fingerprint density at radius 3 is 2.00 bits per heavy atom. The highest BCUT2D eigenvalue weighted by Crippen LogP contribution is 2.55. The fraction of sp³-hybridized carbons (Fsp3) is 0.316. The SMILES string of the molecule is COCN(C(=O)c1cccc([N+](=O)[O-])c1F)c1c(I)cc(C(F)(C(F)(F)F)C(F)(F)F)cc1C(F)(F)F. The molecule has 0 heterocycles. The van der Waals surface area contributed by atoms with Crippen LogP contribution >= 0.6 is 22.6 Å². The molecule has 0 saturated heterocycles. The molecule has 0 radical (unpaired) electrons. The van der Waals surface area contributed by atoms with Gasteiger partial charge in [0.05, 0.1) is 21.7 Å². The Balaban J connectivity index is 2.91. The van der Waals surface area contributed by atoms with Crippen LogP contribution in [0.4, 0.5) is 59.7 Å². The molecular formula is C19H10F11IN2O4. The molecule has 18 heteroatoms. The summed E-state index contributed by atoms with van der Waals surface area (Å²) in [6.45, 7) is -1.18. The van der Waals surface area contributed by atoms with E-state index in [2.05, 4.69) is 4.74 Å². The van der Waals surface area contributed by atoms with E-state index in [1.54, 1.807) is 0 Å². The van der Waals surface area contributed by atoms with Crippen molar-refractivity contribution < 1.29 is 62.7 Å². The normalized spacial score (nSPS) is 13.0. The van der Waals surface area contributed by atoms with Crippen LogP contribution in [-0.4, -0.2) is 37.0 Å². The third-order valence-electron chi connectivity index (χ3n) is 4.73. The van der Waals surface area contributed by atoms with Gasteiger partial charge in [-0.3, -0.25) is 19.8 Å². The van der Waals surface area contributed by atoms with Crippen molar-refractivity contribution >= 4 is 39.9 Å². The van der Waals surface area contributed by atoms with Gasteiger partial charge in [-0.1, -0.05) is 6.07 Å². The van der Waals surface area contributed by atoms with Gasteiger partial charge in [0.2, 0.25) is 5.82 Å². The van der Waals surface area contributed by atoms with Crippen LogP contribution in [0.1, 0.15) is 21.5 Å². The van der Waals surface area contributed by atoms with Gasteiger partial charge in [0.15, 0.2) is 0 Å². The van der Waals surface area contributed by atoms with Crippen molar-refractivity contribution in [2.45, 2.75) is 24.2 Å². The summed E-state index contributed by atoms with van der Waals surface area (Å²) in [5, 5.41) is 10.9. The molecule has 0 fully saturated rings. The molecule has 0 saturated carbocycles. The first-order chi connectivity index (χ1) is 16.7. The number of methoxy groups -OCH3 is 1. The average Bonchev–Trinajstić information content (AvgIpc) is 2.74. The third-order valence-corrected chi connectivity index (χ3v) is 5.55. The summed E-state index contributed by atoms with van der Waals surface area (Å²) >= 11 is 0.829. The summed E-state index contributed by atoms with van der Waals surface area (Å²) in [7, 11) is 0.818. The molecule has 2 aromatic carbocycles. The van der Waals surface area contributed by atoms with E-state index in [0.29, 0.717) is 12.1 Å². The molecule has 1 amide bonds. The Kier molecular flexibility index (Phi) is 8.38. The minimum Gasteiger partial charge on any atom is -0.364 e. The van der Waals surface area contributed by atoms with Gasteiger partial charge < -0.3 is 4.74 Å². The van der Waals surface area contributed by atoms with Crippen molar-refractivity contribution in [1.82, 2.24) is 0 Å². The van der Waals surface area contributed by atoms with Gasteiger partial charge in [0.25, 0.3) is 5.91 Å². The van der Waals surface area contributed by atoms with Crippen LogP contribution in [0.5, 0.6) is 0 Å². The Morgan fingerprint density at radius 1 is 1.03 bits per heavy atom. The number of ether oxygens (including phenoxy) is 1. The van der Waals surface area contributed by atoms with Crippen LogP contribution in [0.2, 0.25) is 0 Å². The first kappa shape index (κ1) is 30.5. The molecule has 0 bridgehead atoms. The summed E-state index contributed by atoms with van der Waals surface area (Å²) < 4.78 is 153. The van der Waals surface area contributed by atoms with E-state index in [0.717, 1.165) is 35.8 Å². The van der Waals surface area contributed by atoms with Crippen molar-refractivity contribution in [3.05, 3.63) is 66.5 Å². The first-order valence-electron chi connectivity index (χ1n) is 9.17. The summed E-state index contributed by atoms with van der Waals surface area (Å²) in [4.78, 5) is 22.6. The van der Waals surface area contributed by atoms with Crippen molar-refractivity contribution in [3.8, 4) is 0 Å². The van der Waals surface area contributed by atoms with Gasteiger partial charge in [-0.05, 0) is 40.8 Å². The zero-order chi connectivity index (χ0) is 28.7. The lowest BCUT2D eigenvalue weighted by Crippen LogP contribution is -2.50. The Bertz CT molecular complexity index is 1200. The monoisotopic (exact) mass is 666 g/mol. The van der Waals surface area contributed by atoms with Crippen molar-refractivity contribution in [1.29, 1.82) is 0 Å². The van der Waals surface area contributed by atoms with Crippen molar-refractivity contribution in [2.75, 3.05) is 18.7 Å². The Morgan fingerprint density at radius 2 is 1.57 bits per heavy atom. The molecule has 0 aliphatic rings. The number of rotatable bonds is 6. The van der Waals surface area contributed by atoms with Crippen LogP contribution in [0.3, 0.4) is 0 Å². The minimum atomic E-state index is -6.74. The Labute approximate surface area is 212 Å². The van der Waals surface area contributed by atoms with Crippen LogP contribution in [0.25, 0.3) is 0 Å². The van der Waals surface area contributed by atoms with Crippen LogP contribution < -0.4 is 4.90 Å². The van der Waals surface area contributed by atoms with E-state index in [1.807, 2.05) is 0 Å². The van der Waals surface area contributed by atoms with E-state index in [1.165, 1.54) is 0 Å². The van der Waals surface area contributed by atoms with Crippen LogP contribution in [0, 0.1) is 19.5 Å². The van der Waals surface area contributed by atoms with Gasteiger partial charge in [-0.25, -0.2) is 4.39 Å². The van der Waals surface area contributed by atoms with Crippen LogP contribution in [-0.2, 0) is 16.6 Å². The molecule has 2 rings (SSSR count). The first-order valence-corrected chi connectivity index (χ1v) is 10.2. The minimum absolute atomic E-state index is 0.0302. The van der Waals surface area contributed by atoms with Gasteiger partial charge in [-0.2, -0.15) is 43.9 Å². The quantitative estimate of drug-likeness (QED) is 0.111. The van der Waals surface area contributed by atoms with Crippen molar-refractivity contribution in [3.63, 3.8) is 0 Å². The number of hydrogen-bond acceptors (Lipinski definition) is 4. The number of nitrogens with zero attached hydrogens (tertiary/aromatic N) is 2. The maximum atomic E-state index is 14.6. The fourth-order valence-electron chi connectivity index (χ4n) is 3.10. The highest BCUT2D eigenvalue weighted by atomic mass is 127. The van der Waals surface area contributed by atoms with E-state index in [-0.39, 0.29) is 11.0 Å². The number of carbonyl (C=O) groups excluding carboxylic acids is 1. The van der Waals surface area contributed by atoms with Gasteiger partial charge in [0.1, 0.15) is 6.73 Å². The number of nitro groups is 1. The number of carbonyl (C=O) groups is 1. The molecule has 0 N–H and O–H groups in total. The molecular weight excluding hydrogens is 656 g/mol. The lowest BCUT2D eigenvalue weighted by Gasteiger charge is -2.32. The second-order valence-electron chi connectivity index (χ2n) is 7.05. The van der Waals surface area contributed by atoms with Gasteiger partial charge >= 0.3 is 29.9 Å². The maximum absolute atomic E-state index is 14.6. The second-order valence-corrected chi connectivity index (χ2v) is 8.21. The van der Waals surface area contributed by atoms with E-state index >= 15 is 0 Å². The second kappa shape index (κ2) is 10.2. The molecule has 0 aliphatic carbocycles. The van der Waals surface area contributed by atoms with Crippen molar-refractivity contribution in [2.24, 2.45) is 0 Å². The summed E-state index contributed by atoms with van der Waals surface area (Å²) in [5.41, 5.74) is -14.9. The molecule has 37 heavy (non-hydrogen) atoms. The number of anilines is 1. The number of halogens is 12. The van der Waals surface area contributed by atoms with Crippen LogP contribution in [0.15, 0.2) is 30.3 Å². The highest BCUT2D eigenvalue weighted by Gasteiger charge is 2.73. The summed E-state index contributed by atoms with van der Waals surface area (Å²) in [6.07, 6.45) is -19.3. The summed E-state index contributed by atoms with van der Waals surface area (Å²) in [6, 6.07) is 1.04. The topological polar surface area (TPSA) is 72.7 Å². The number of alkyl halides is 10. The Hall–Kier alpha value is -2.77. The maximum Gasteiger partial charge on any atom is 0.435 e. The standard InChI is InChI=1S/C19H10F11IN2O4/c1-37-7-32(15(34)9-3-2-4-12(13(9)20)33(35)36)14-10(17(22,23)24)5-8(6-11(14)31)16(21,18(25,26)27)19(28,29)30/h2-6H,7H2,1H3. The van der Waals surface area contributed by atoms with E-state index < -0.39 is 85.3 Å². The number of benzene rings is 2. The molecule has 204 valence electrons. The number of hydrogen-bond donors (Lipinski definition) is 0. The lowest BCUT2D eigenvalue weighted by atomic mass is 9.91. The molecule has 0 spiro atoms. The largest absolute Gasteiger partial charge is 0.435 e. The van der Waals surface area contributed by atoms with E-state index in [9.17, 15) is 63.2 Å². The van der Waals surface area contributed by atoms with E-state index in [4.69, 9.17) is 0 Å². The van der Waals surface area contributed by atoms with Gasteiger partial charge in [0, 0.05) is 22.3 Å². The highest BCUT2D eigenvalue weighted by molar-refractivity contribution is 14.1. The molecule has 0 aliphatic heterocycles. The molecule has 0 atom stereocenters. The van der Waals surface area contributed by atoms with Gasteiger partial charge in [-0.15, -0.1) is 0 Å². The molecule has 6 nitrogen and oxygen atoms in total.